The summed E-state index contributed by atoms with van der Waals surface area (Å²) >= 11 is 0. The lowest BCUT2D eigenvalue weighted by atomic mass is 10.0. The van der Waals surface area contributed by atoms with E-state index in [0.717, 1.165) is 54.4 Å². The molecule has 0 aliphatic heterocycles. The molecule has 0 N–H and O–H groups in total. The fourth-order valence-electron chi connectivity index (χ4n) is 4.08. The van der Waals surface area contributed by atoms with Crippen LogP contribution in [0.1, 0.15) is 22.3 Å². The Morgan fingerprint density at radius 2 is 0.771 bits per heavy atom. The van der Waals surface area contributed by atoms with Crippen LogP contribution in [-0.4, -0.2) is 21.3 Å². The summed E-state index contributed by atoms with van der Waals surface area (Å²) < 4.78 is 22.3. The van der Waals surface area contributed by atoms with E-state index in [0.29, 0.717) is 0 Å². The fourth-order valence-corrected chi connectivity index (χ4v) is 4.08. The smallest absolute Gasteiger partial charge is 0.127 e. The molecule has 0 amide bonds. The molecule has 180 valence electrons. The maximum absolute atomic E-state index is 6.21. The second-order valence-corrected chi connectivity index (χ2v) is 8.47. The van der Waals surface area contributed by atoms with E-state index in [9.17, 15) is 0 Å². The summed E-state index contributed by atoms with van der Waals surface area (Å²) in [6, 6.07) is 30.8. The standard InChI is InChI=1S/C31H32O4/c1-32-27-10-4-7-23(17-27)13-14-24-8-5-11-28(18-24)35-29-12-6-9-25(19-29)15-16-26-20-30(33-2)22-31(21-26)34-3/h4-12,17-22H,13-16H2,1-3H3. The number of ether oxygens (including phenoxy) is 4. The Balaban J connectivity index is 1.38. The third-order valence-corrected chi connectivity index (χ3v) is 5.98. The van der Waals surface area contributed by atoms with Gasteiger partial charge in [0.05, 0.1) is 21.3 Å². The molecule has 0 fully saturated rings. The predicted octanol–water partition coefficient (Wildman–Crippen LogP) is 7.08. The first-order valence-electron chi connectivity index (χ1n) is 11.9. The van der Waals surface area contributed by atoms with E-state index in [1.165, 1.54) is 22.3 Å². The summed E-state index contributed by atoms with van der Waals surface area (Å²) in [4.78, 5) is 0. The van der Waals surface area contributed by atoms with Crippen LogP contribution in [0, 0.1) is 0 Å². The first-order chi connectivity index (χ1) is 17.1. The van der Waals surface area contributed by atoms with Crippen LogP contribution in [0.5, 0.6) is 28.7 Å². The van der Waals surface area contributed by atoms with Crippen molar-refractivity contribution >= 4 is 0 Å². The minimum Gasteiger partial charge on any atom is -0.497 e. The molecule has 4 aromatic rings. The lowest BCUT2D eigenvalue weighted by Gasteiger charge is -2.11. The summed E-state index contributed by atoms with van der Waals surface area (Å²) in [5, 5.41) is 0. The Labute approximate surface area is 208 Å². The molecule has 0 unspecified atom stereocenters. The van der Waals surface area contributed by atoms with Gasteiger partial charge in [-0.3, -0.25) is 0 Å². The summed E-state index contributed by atoms with van der Waals surface area (Å²) in [5.41, 5.74) is 4.90. The predicted molar refractivity (Wildman–Crippen MR) is 140 cm³/mol. The van der Waals surface area contributed by atoms with Gasteiger partial charge in [0.1, 0.15) is 28.7 Å². The molecule has 0 heterocycles. The van der Waals surface area contributed by atoms with E-state index >= 15 is 0 Å². The molecule has 0 aliphatic rings. The number of aryl methyl sites for hydroxylation is 4. The summed E-state index contributed by atoms with van der Waals surface area (Å²) in [6.45, 7) is 0. The van der Waals surface area contributed by atoms with Gasteiger partial charge in [0.15, 0.2) is 0 Å². The highest BCUT2D eigenvalue weighted by molar-refractivity contribution is 5.40. The SMILES string of the molecule is COc1cccc(CCc2cccc(Oc3cccc(CCc4cc(OC)cc(OC)c4)c3)c2)c1. The Morgan fingerprint density at radius 3 is 1.23 bits per heavy atom. The molecule has 0 atom stereocenters. The molecule has 0 saturated carbocycles. The summed E-state index contributed by atoms with van der Waals surface area (Å²) in [7, 11) is 5.05. The second kappa shape index (κ2) is 12.0. The lowest BCUT2D eigenvalue weighted by molar-refractivity contribution is 0.393. The fraction of sp³-hybridized carbons (Fsp3) is 0.226. The average molecular weight is 469 g/mol. The van der Waals surface area contributed by atoms with E-state index in [1.54, 1.807) is 21.3 Å². The van der Waals surface area contributed by atoms with Crippen LogP contribution >= 0.6 is 0 Å². The van der Waals surface area contributed by atoms with Crippen LogP contribution in [0.25, 0.3) is 0 Å². The summed E-state index contributed by atoms with van der Waals surface area (Å²) in [6.07, 6.45) is 3.67. The van der Waals surface area contributed by atoms with Crippen molar-refractivity contribution in [3.63, 3.8) is 0 Å². The molecule has 4 nitrogen and oxygen atoms in total. The first-order valence-corrected chi connectivity index (χ1v) is 11.9. The van der Waals surface area contributed by atoms with Gasteiger partial charge in [-0.05, 0) is 96.5 Å². The number of methoxy groups -OCH3 is 3. The van der Waals surface area contributed by atoms with Gasteiger partial charge in [0.2, 0.25) is 0 Å². The zero-order valence-corrected chi connectivity index (χ0v) is 20.6. The monoisotopic (exact) mass is 468 g/mol. The topological polar surface area (TPSA) is 36.9 Å². The Bertz CT molecular complexity index is 1230. The number of benzene rings is 4. The van der Waals surface area contributed by atoms with Gasteiger partial charge in [-0.2, -0.15) is 0 Å². The van der Waals surface area contributed by atoms with Crippen molar-refractivity contribution in [3.8, 4) is 28.7 Å². The number of hydrogen-bond acceptors (Lipinski definition) is 4. The van der Waals surface area contributed by atoms with Gasteiger partial charge < -0.3 is 18.9 Å². The number of rotatable bonds is 11. The van der Waals surface area contributed by atoms with Crippen LogP contribution < -0.4 is 18.9 Å². The van der Waals surface area contributed by atoms with E-state index in [-0.39, 0.29) is 0 Å². The van der Waals surface area contributed by atoms with E-state index in [2.05, 4.69) is 54.6 Å². The molecule has 0 radical (unpaired) electrons. The molecule has 0 saturated heterocycles. The van der Waals surface area contributed by atoms with Gasteiger partial charge in [-0.25, -0.2) is 0 Å². The van der Waals surface area contributed by atoms with E-state index in [4.69, 9.17) is 18.9 Å². The molecule has 0 aliphatic carbocycles. The third-order valence-electron chi connectivity index (χ3n) is 5.98. The van der Waals surface area contributed by atoms with Crippen molar-refractivity contribution in [1.29, 1.82) is 0 Å². The molecule has 0 spiro atoms. The zero-order valence-electron chi connectivity index (χ0n) is 20.6. The zero-order chi connectivity index (χ0) is 24.5. The van der Waals surface area contributed by atoms with Gasteiger partial charge >= 0.3 is 0 Å². The van der Waals surface area contributed by atoms with Crippen molar-refractivity contribution < 1.29 is 18.9 Å². The van der Waals surface area contributed by atoms with Gasteiger partial charge in [-0.15, -0.1) is 0 Å². The minimum absolute atomic E-state index is 0.808. The van der Waals surface area contributed by atoms with Gasteiger partial charge in [0, 0.05) is 6.07 Å². The van der Waals surface area contributed by atoms with Crippen LogP contribution in [0.15, 0.2) is 91.0 Å². The van der Waals surface area contributed by atoms with Crippen molar-refractivity contribution in [1.82, 2.24) is 0 Å². The summed E-state index contributed by atoms with van der Waals surface area (Å²) in [5.74, 6) is 4.20. The Hall–Kier alpha value is -3.92. The molecule has 0 aromatic heterocycles. The van der Waals surface area contributed by atoms with Crippen molar-refractivity contribution in [2.24, 2.45) is 0 Å². The lowest BCUT2D eigenvalue weighted by Crippen LogP contribution is -1.95. The third kappa shape index (κ3) is 7.03. The van der Waals surface area contributed by atoms with Gasteiger partial charge in [-0.1, -0.05) is 36.4 Å². The molecule has 4 rings (SSSR count). The molecule has 0 bridgehead atoms. The molecule has 35 heavy (non-hydrogen) atoms. The second-order valence-electron chi connectivity index (χ2n) is 8.47. The maximum atomic E-state index is 6.21. The quantitative estimate of drug-likeness (QED) is 0.236. The molecule has 4 heteroatoms. The minimum atomic E-state index is 0.808. The van der Waals surface area contributed by atoms with Crippen molar-refractivity contribution in [2.45, 2.75) is 25.7 Å². The molecular formula is C31H32O4. The van der Waals surface area contributed by atoms with Gasteiger partial charge in [0.25, 0.3) is 0 Å². The highest BCUT2D eigenvalue weighted by atomic mass is 16.5. The maximum Gasteiger partial charge on any atom is 0.127 e. The van der Waals surface area contributed by atoms with Crippen molar-refractivity contribution in [2.75, 3.05) is 21.3 Å². The Morgan fingerprint density at radius 1 is 0.400 bits per heavy atom. The average Bonchev–Trinajstić information content (AvgIpc) is 2.91. The van der Waals surface area contributed by atoms with Crippen LogP contribution in [0.3, 0.4) is 0 Å². The highest BCUT2D eigenvalue weighted by Crippen LogP contribution is 2.26. The van der Waals surface area contributed by atoms with E-state index in [1.807, 2.05) is 36.4 Å². The number of hydrogen-bond donors (Lipinski definition) is 0. The van der Waals surface area contributed by atoms with Crippen LogP contribution in [0.2, 0.25) is 0 Å². The largest absolute Gasteiger partial charge is 0.497 e. The van der Waals surface area contributed by atoms with Crippen LogP contribution in [-0.2, 0) is 25.7 Å². The van der Waals surface area contributed by atoms with E-state index < -0.39 is 0 Å². The molecule has 4 aromatic carbocycles. The van der Waals surface area contributed by atoms with Crippen molar-refractivity contribution in [3.05, 3.63) is 113 Å². The highest BCUT2D eigenvalue weighted by Gasteiger charge is 2.05. The van der Waals surface area contributed by atoms with Crippen LogP contribution in [0.4, 0.5) is 0 Å². The first kappa shape index (κ1) is 24.2. The molecular weight excluding hydrogens is 436 g/mol. The normalized spacial score (nSPS) is 10.6. The Kier molecular flexibility index (Phi) is 8.29.